The van der Waals surface area contributed by atoms with Gasteiger partial charge in [-0.3, -0.25) is 0 Å². The van der Waals surface area contributed by atoms with E-state index in [0.29, 0.717) is 5.95 Å². The molecule has 0 aliphatic carbocycles. The Hall–Kier alpha value is -2.63. The van der Waals surface area contributed by atoms with E-state index in [1.165, 1.54) is 7.11 Å². The van der Waals surface area contributed by atoms with E-state index in [0.717, 1.165) is 11.3 Å². The van der Waals surface area contributed by atoms with Gasteiger partial charge >= 0.3 is 6.01 Å². The molecule has 3 N–H and O–H groups in total. The van der Waals surface area contributed by atoms with Gasteiger partial charge in [-0.05, 0) is 17.7 Å². The molecule has 0 amide bonds. The zero-order chi connectivity index (χ0) is 13.0. The molecule has 0 unspecified atom stereocenters. The van der Waals surface area contributed by atoms with Gasteiger partial charge in [0, 0.05) is 5.69 Å². The molecule has 1 heterocycles. The highest BCUT2D eigenvalue weighted by Crippen LogP contribution is 2.16. The van der Waals surface area contributed by atoms with Gasteiger partial charge in [0.15, 0.2) is 0 Å². The molecule has 18 heavy (non-hydrogen) atoms. The Labute approximate surface area is 105 Å². The Kier molecular flexibility index (Phi) is 3.38. The molecule has 92 valence electrons. The monoisotopic (exact) mass is 243 g/mol. The Bertz CT molecular complexity index is 553. The molecule has 1 aromatic heterocycles. The van der Waals surface area contributed by atoms with Crippen molar-refractivity contribution in [2.45, 2.75) is 0 Å². The Morgan fingerprint density at radius 3 is 2.56 bits per heavy atom. The lowest BCUT2D eigenvalue weighted by molar-refractivity contribution is 0.380. The highest BCUT2D eigenvalue weighted by Gasteiger charge is 2.04. The molecule has 2 rings (SSSR count). The molecular formula is C12H13N5O. The summed E-state index contributed by atoms with van der Waals surface area (Å²) in [4.78, 5) is 11.8. The SMILES string of the molecule is C=Cc1ccc(Nc2nc(N)nc(OC)n2)cc1. The van der Waals surface area contributed by atoms with Crippen LogP contribution in [0.25, 0.3) is 6.08 Å². The minimum absolute atomic E-state index is 0.104. The number of anilines is 3. The van der Waals surface area contributed by atoms with Crippen LogP contribution < -0.4 is 15.8 Å². The topological polar surface area (TPSA) is 86.0 Å². The predicted octanol–water partition coefficient (Wildman–Crippen LogP) is 1.85. The van der Waals surface area contributed by atoms with Gasteiger partial charge in [0.25, 0.3) is 0 Å². The number of nitrogens with zero attached hydrogens (tertiary/aromatic N) is 3. The zero-order valence-electron chi connectivity index (χ0n) is 9.92. The molecule has 6 heteroatoms. The lowest BCUT2D eigenvalue weighted by atomic mass is 10.2. The van der Waals surface area contributed by atoms with Crippen LogP contribution in [0.2, 0.25) is 0 Å². The number of nitrogens with two attached hydrogens (primary N) is 1. The molecular weight excluding hydrogens is 230 g/mol. The summed E-state index contributed by atoms with van der Waals surface area (Å²) >= 11 is 0. The lowest BCUT2D eigenvalue weighted by Crippen LogP contribution is -2.05. The van der Waals surface area contributed by atoms with Crippen LogP contribution in [-0.2, 0) is 0 Å². The lowest BCUT2D eigenvalue weighted by Gasteiger charge is -2.06. The van der Waals surface area contributed by atoms with Crippen LogP contribution in [0.3, 0.4) is 0 Å². The number of nitrogen functional groups attached to an aromatic ring is 1. The largest absolute Gasteiger partial charge is 0.467 e. The molecule has 0 fully saturated rings. The van der Waals surface area contributed by atoms with Crippen LogP contribution in [0.4, 0.5) is 17.6 Å². The number of methoxy groups -OCH3 is 1. The van der Waals surface area contributed by atoms with E-state index in [1.54, 1.807) is 6.08 Å². The fourth-order valence-corrected chi connectivity index (χ4v) is 1.35. The Morgan fingerprint density at radius 2 is 1.94 bits per heavy atom. The standard InChI is InChI=1S/C12H13N5O/c1-3-8-4-6-9(7-5-8)14-11-15-10(13)16-12(17-11)18-2/h3-7H,1H2,2H3,(H3,13,14,15,16,17). The third-order valence-electron chi connectivity index (χ3n) is 2.22. The zero-order valence-corrected chi connectivity index (χ0v) is 9.92. The maximum absolute atomic E-state index is 5.54. The maximum atomic E-state index is 5.54. The molecule has 0 saturated carbocycles. The first-order chi connectivity index (χ1) is 8.71. The normalized spacial score (nSPS) is 9.83. The second kappa shape index (κ2) is 5.13. The summed E-state index contributed by atoms with van der Waals surface area (Å²) in [6.07, 6.45) is 1.77. The summed E-state index contributed by atoms with van der Waals surface area (Å²) in [6.45, 7) is 3.69. The van der Waals surface area contributed by atoms with Crippen molar-refractivity contribution in [3.63, 3.8) is 0 Å². The van der Waals surface area contributed by atoms with E-state index in [9.17, 15) is 0 Å². The van der Waals surface area contributed by atoms with E-state index < -0.39 is 0 Å². The quantitative estimate of drug-likeness (QED) is 0.852. The molecule has 0 saturated heterocycles. The summed E-state index contributed by atoms with van der Waals surface area (Å²) in [5, 5.41) is 3.01. The fourth-order valence-electron chi connectivity index (χ4n) is 1.35. The van der Waals surface area contributed by atoms with Crippen molar-refractivity contribution in [1.82, 2.24) is 15.0 Å². The van der Waals surface area contributed by atoms with Crippen molar-refractivity contribution in [2.24, 2.45) is 0 Å². The molecule has 0 spiro atoms. The third-order valence-corrected chi connectivity index (χ3v) is 2.22. The minimum atomic E-state index is 0.104. The van der Waals surface area contributed by atoms with E-state index in [1.807, 2.05) is 24.3 Å². The molecule has 2 aromatic rings. The highest BCUT2D eigenvalue weighted by atomic mass is 16.5. The first-order valence-electron chi connectivity index (χ1n) is 5.26. The van der Waals surface area contributed by atoms with Gasteiger partial charge < -0.3 is 15.8 Å². The summed E-state index contributed by atoms with van der Waals surface area (Å²) in [5.41, 5.74) is 7.42. The third kappa shape index (κ3) is 2.73. The van der Waals surface area contributed by atoms with Gasteiger partial charge in [-0.1, -0.05) is 24.8 Å². The molecule has 1 aromatic carbocycles. The summed E-state index contributed by atoms with van der Waals surface area (Å²) in [5.74, 6) is 0.442. The predicted molar refractivity (Wildman–Crippen MR) is 70.6 cm³/mol. The molecule has 6 nitrogen and oxygen atoms in total. The van der Waals surface area contributed by atoms with E-state index in [2.05, 4.69) is 26.8 Å². The van der Waals surface area contributed by atoms with Crippen molar-refractivity contribution >= 4 is 23.7 Å². The van der Waals surface area contributed by atoms with Crippen LogP contribution in [0.15, 0.2) is 30.8 Å². The summed E-state index contributed by atoms with van der Waals surface area (Å²) in [7, 11) is 1.47. The molecule has 0 aliphatic rings. The van der Waals surface area contributed by atoms with E-state index in [4.69, 9.17) is 10.5 Å². The second-order valence-electron chi connectivity index (χ2n) is 3.46. The van der Waals surface area contributed by atoms with Crippen molar-refractivity contribution in [3.05, 3.63) is 36.4 Å². The van der Waals surface area contributed by atoms with Gasteiger partial charge in [0.05, 0.1) is 7.11 Å². The van der Waals surface area contributed by atoms with Crippen LogP contribution in [0.1, 0.15) is 5.56 Å². The Balaban J connectivity index is 2.21. The summed E-state index contributed by atoms with van der Waals surface area (Å²) in [6, 6.07) is 7.81. The van der Waals surface area contributed by atoms with Gasteiger partial charge in [0.1, 0.15) is 0 Å². The van der Waals surface area contributed by atoms with Crippen molar-refractivity contribution in [2.75, 3.05) is 18.2 Å². The maximum Gasteiger partial charge on any atom is 0.322 e. The first kappa shape index (κ1) is 11.8. The van der Waals surface area contributed by atoms with Crippen molar-refractivity contribution in [1.29, 1.82) is 0 Å². The Morgan fingerprint density at radius 1 is 1.22 bits per heavy atom. The average Bonchev–Trinajstić information content (AvgIpc) is 2.39. The smallest absolute Gasteiger partial charge is 0.322 e. The minimum Gasteiger partial charge on any atom is -0.467 e. The molecule has 0 radical (unpaired) electrons. The number of hydrogen-bond acceptors (Lipinski definition) is 6. The number of nitrogens with one attached hydrogen (secondary N) is 1. The van der Waals surface area contributed by atoms with Crippen LogP contribution >= 0.6 is 0 Å². The average molecular weight is 243 g/mol. The van der Waals surface area contributed by atoms with Crippen LogP contribution in [0, 0.1) is 0 Å². The van der Waals surface area contributed by atoms with Gasteiger partial charge in [-0.15, -0.1) is 0 Å². The molecule has 0 bridgehead atoms. The molecule has 0 aliphatic heterocycles. The first-order valence-corrected chi connectivity index (χ1v) is 5.26. The second-order valence-corrected chi connectivity index (χ2v) is 3.46. The van der Waals surface area contributed by atoms with Crippen LogP contribution in [-0.4, -0.2) is 22.1 Å². The molecule has 0 atom stereocenters. The van der Waals surface area contributed by atoms with Crippen molar-refractivity contribution in [3.8, 4) is 6.01 Å². The van der Waals surface area contributed by atoms with Crippen LogP contribution in [0.5, 0.6) is 6.01 Å². The van der Waals surface area contributed by atoms with Gasteiger partial charge in [-0.2, -0.15) is 15.0 Å². The fraction of sp³-hybridized carbons (Fsp3) is 0.0833. The summed E-state index contributed by atoms with van der Waals surface area (Å²) < 4.78 is 4.91. The number of aromatic nitrogens is 3. The van der Waals surface area contributed by atoms with Gasteiger partial charge in [-0.25, -0.2) is 0 Å². The number of hydrogen-bond donors (Lipinski definition) is 2. The van der Waals surface area contributed by atoms with E-state index >= 15 is 0 Å². The highest BCUT2D eigenvalue weighted by molar-refractivity contribution is 5.58. The van der Waals surface area contributed by atoms with Crippen molar-refractivity contribution < 1.29 is 4.74 Å². The van der Waals surface area contributed by atoms with Gasteiger partial charge in [0.2, 0.25) is 11.9 Å². The number of rotatable bonds is 4. The van der Waals surface area contributed by atoms with E-state index in [-0.39, 0.29) is 12.0 Å². The number of ether oxygens (including phenoxy) is 1. The number of benzene rings is 1.